The molecule has 36 heavy (non-hydrogen) atoms. The molecule has 8 heteroatoms. The lowest BCUT2D eigenvalue weighted by atomic mass is 10.0. The molecule has 2 aromatic carbocycles. The van der Waals surface area contributed by atoms with Crippen LogP contribution >= 0.6 is 0 Å². The van der Waals surface area contributed by atoms with Crippen molar-refractivity contribution < 1.29 is 27.2 Å². The van der Waals surface area contributed by atoms with Crippen molar-refractivity contribution in [2.45, 2.75) is 39.8 Å². The molecule has 0 aliphatic rings. The average molecular weight is 499 g/mol. The topological polar surface area (TPSA) is 51.1 Å². The van der Waals surface area contributed by atoms with Crippen molar-refractivity contribution in [2.24, 2.45) is 0 Å². The molecule has 3 rings (SSSR count). The van der Waals surface area contributed by atoms with Gasteiger partial charge in [-0.25, -0.2) is 4.39 Å². The molecule has 0 fully saturated rings. The minimum Gasteiger partial charge on any atom is -0.322 e. The van der Waals surface area contributed by atoms with Gasteiger partial charge in [-0.2, -0.15) is 13.2 Å². The summed E-state index contributed by atoms with van der Waals surface area (Å²) in [5, 5.41) is 2.82. The summed E-state index contributed by atoms with van der Waals surface area (Å²) >= 11 is 0. The second-order valence-electron chi connectivity index (χ2n) is 8.35. The van der Waals surface area contributed by atoms with Crippen LogP contribution in [0.2, 0.25) is 0 Å². The highest BCUT2D eigenvalue weighted by Crippen LogP contribution is 2.23. The van der Waals surface area contributed by atoms with Gasteiger partial charge >= 0.3 is 6.18 Å². The molecule has 0 saturated heterocycles. The fourth-order valence-electron chi connectivity index (χ4n) is 3.90. The molecule has 1 amide bonds. The molecule has 0 aliphatic carbocycles. The molecule has 3 aromatic rings. The van der Waals surface area contributed by atoms with E-state index in [2.05, 4.69) is 5.32 Å². The van der Waals surface area contributed by atoms with Gasteiger partial charge in [-0.05, 0) is 88.2 Å². The smallest absolute Gasteiger partial charge is 0.322 e. The van der Waals surface area contributed by atoms with Gasteiger partial charge in [0.05, 0.1) is 5.56 Å². The number of ketones is 1. The van der Waals surface area contributed by atoms with Crippen molar-refractivity contribution in [2.75, 3.05) is 5.32 Å². The van der Waals surface area contributed by atoms with E-state index >= 15 is 0 Å². The molecule has 4 nitrogen and oxygen atoms in total. The molecule has 0 radical (unpaired) electrons. The van der Waals surface area contributed by atoms with Gasteiger partial charge in [0.25, 0.3) is 5.91 Å². The molecular formula is C28H26F4N2O2. The lowest BCUT2D eigenvalue weighted by molar-refractivity contribution is -0.0800. The maximum atomic E-state index is 13.1. The van der Waals surface area contributed by atoms with Crippen LogP contribution in [-0.4, -0.2) is 22.4 Å². The zero-order valence-electron chi connectivity index (χ0n) is 20.1. The third kappa shape index (κ3) is 6.81. The molecule has 0 saturated carbocycles. The van der Waals surface area contributed by atoms with Gasteiger partial charge in [0.2, 0.25) is 0 Å². The Labute approximate surface area is 206 Å². The summed E-state index contributed by atoms with van der Waals surface area (Å²) in [6.07, 6.45) is -0.470. The fourth-order valence-corrected chi connectivity index (χ4v) is 3.90. The zero-order chi connectivity index (χ0) is 26.5. The number of nitrogens with one attached hydrogen (secondary N) is 1. The molecule has 188 valence electrons. The Kier molecular flexibility index (Phi) is 8.29. The third-order valence-corrected chi connectivity index (χ3v) is 5.62. The van der Waals surface area contributed by atoms with Crippen LogP contribution in [0.25, 0.3) is 5.70 Å². The SMILES string of the molecule is C/C(=C\CC/C=C/C(F)(F)F)n1c(C)cc(C(=O)Nc2ccc(C(=O)c3ccc(F)cc3)cc2)c1C. The van der Waals surface area contributed by atoms with Crippen LogP contribution in [0.1, 0.15) is 57.4 Å². The second kappa shape index (κ2) is 11.2. The molecule has 1 heterocycles. The predicted molar refractivity (Wildman–Crippen MR) is 133 cm³/mol. The standard InChI is InChI=1S/C28H26F4N2O2/c1-18(7-5-4-6-16-28(30,31)32)34-19(2)17-25(20(34)3)27(36)33-24-14-10-22(11-15-24)26(35)21-8-12-23(29)13-9-21/h6-17H,4-5H2,1-3H3,(H,33,36)/b16-6+,18-7+. The highest BCUT2D eigenvalue weighted by molar-refractivity contribution is 6.09. The molecular weight excluding hydrogens is 472 g/mol. The largest absolute Gasteiger partial charge is 0.409 e. The molecule has 1 N–H and O–H groups in total. The van der Waals surface area contributed by atoms with Crippen molar-refractivity contribution in [1.29, 1.82) is 0 Å². The van der Waals surface area contributed by atoms with Gasteiger partial charge in [0, 0.05) is 40.0 Å². The Morgan fingerprint density at radius 1 is 0.944 bits per heavy atom. The number of unbranched alkanes of at least 4 members (excludes halogenated alkanes) is 1. The first-order valence-electron chi connectivity index (χ1n) is 11.3. The van der Waals surface area contributed by atoms with Gasteiger partial charge in [-0.3, -0.25) is 9.59 Å². The number of carbonyl (C=O) groups excluding carboxylic acids is 2. The monoisotopic (exact) mass is 498 g/mol. The van der Waals surface area contributed by atoms with Crippen molar-refractivity contribution in [1.82, 2.24) is 4.57 Å². The summed E-state index contributed by atoms with van der Waals surface area (Å²) in [5.41, 5.74) is 4.06. The van der Waals surface area contributed by atoms with Gasteiger partial charge in [-0.1, -0.05) is 12.2 Å². The number of hydrogen-bond acceptors (Lipinski definition) is 2. The predicted octanol–water partition coefficient (Wildman–Crippen LogP) is 7.49. The minimum absolute atomic E-state index is 0.232. The van der Waals surface area contributed by atoms with E-state index in [0.717, 1.165) is 17.5 Å². The fraction of sp³-hybridized carbons (Fsp3) is 0.214. The third-order valence-electron chi connectivity index (χ3n) is 5.62. The lowest BCUT2D eigenvalue weighted by Crippen LogP contribution is -2.13. The van der Waals surface area contributed by atoms with Gasteiger partial charge in [0.1, 0.15) is 5.82 Å². The number of aromatic nitrogens is 1. The van der Waals surface area contributed by atoms with Crippen LogP contribution < -0.4 is 5.32 Å². The summed E-state index contributed by atoms with van der Waals surface area (Å²) in [6, 6.07) is 13.4. The Morgan fingerprint density at radius 2 is 1.53 bits per heavy atom. The Balaban J connectivity index is 1.68. The Hall–Kier alpha value is -3.94. The second-order valence-corrected chi connectivity index (χ2v) is 8.35. The van der Waals surface area contributed by atoms with Gasteiger partial charge in [-0.15, -0.1) is 0 Å². The summed E-state index contributed by atoms with van der Waals surface area (Å²) < 4.78 is 51.6. The number of anilines is 1. The zero-order valence-corrected chi connectivity index (χ0v) is 20.1. The normalized spacial score (nSPS) is 12.2. The molecule has 1 aromatic heterocycles. The first-order valence-corrected chi connectivity index (χ1v) is 11.3. The van der Waals surface area contributed by atoms with E-state index in [1.54, 1.807) is 37.3 Å². The van der Waals surface area contributed by atoms with E-state index in [9.17, 15) is 27.2 Å². The number of aryl methyl sites for hydroxylation is 1. The highest BCUT2D eigenvalue weighted by atomic mass is 19.4. The van der Waals surface area contributed by atoms with E-state index in [1.165, 1.54) is 24.3 Å². The summed E-state index contributed by atoms with van der Waals surface area (Å²) in [7, 11) is 0. The van der Waals surface area contributed by atoms with Crippen LogP contribution in [0.15, 0.2) is 72.8 Å². The lowest BCUT2D eigenvalue weighted by Gasteiger charge is -2.11. The van der Waals surface area contributed by atoms with E-state index in [0.29, 0.717) is 34.5 Å². The van der Waals surface area contributed by atoms with Crippen molar-refractivity contribution in [3.05, 3.63) is 107 Å². The first kappa shape index (κ1) is 26.7. The number of allylic oxidation sites excluding steroid dienone is 4. The summed E-state index contributed by atoms with van der Waals surface area (Å²) in [6.45, 7) is 5.49. The number of benzene rings is 2. The van der Waals surface area contributed by atoms with Gasteiger partial charge < -0.3 is 9.88 Å². The van der Waals surface area contributed by atoms with Crippen LogP contribution in [0.4, 0.5) is 23.2 Å². The molecule has 0 atom stereocenters. The average Bonchev–Trinajstić information content (AvgIpc) is 3.12. The Morgan fingerprint density at radius 3 is 2.11 bits per heavy atom. The molecule has 0 bridgehead atoms. The van der Waals surface area contributed by atoms with Crippen LogP contribution in [-0.2, 0) is 0 Å². The van der Waals surface area contributed by atoms with E-state index in [4.69, 9.17) is 0 Å². The van der Waals surface area contributed by atoms with E-state index in [1.807, 2.05) is 24.5 Å². The molecule has 0 aliphatic heterocycles. The summed E-state index contributed by atoms with van der Waals surface area (Å²) in [5.74, 6) is -1.01. The first-order chi connectivity index (χ1) is 17.0. The number of hydrogen-bond donors (Lipinski definition) is 1. The van der Waals surface area contributed by atoms with E-state index < -0.39 is 12.0 Å². The number of amides is 1. The maximum Gasteiger partial charge on any atom is 0.409 e. The Bertz CT molecular complexity index is 1300. The van der Waals surface area contributed by atoms with Crippen molar-refractivity contribution in [3.8, 4) is 0 Å². The number of halogens is 4. The van der Waals surface area contributed by atoms with E-state index in [-0.39, 0.29) is 24.2 Å². The van der Waals surface area contributed by atoms with Crippen LogP contribution in [0, 0.1) is 19.7 Å². The maximum absolute atomic E-state index is 13.1. The number of carbonyl (C=O) groups is 2. The van der Waals surface area contributed by atoms with Crippen molar-refractivity contribution >= 4 is 23.1 Å². The molecule has 0 unspecified atom stereocenters. The van der Waals surface area contributed by atoms with Gasteiger partial charge in [0.15, 0.2) is 5.78 Å². The highest BCUT2D eigenvalue weighted by Gasteiger charge is 2.21. The van der Waals surface area contributed by atoms with Crippen LogP contribution in [0.3, 0.4) is 0 Å². The number of nitrogens with zero attached hydrogens (tertiary/aromatic N) is 1. The summed E-state index contributed by atoms with van der Waals surface area (Å²) in [4.78, 5) is 25.5. The quantitative estimate of drug-likeness (QED) is 0.151. The van der Waals surface area contributed by atoms with Crippen molar-refractivity contribution in [3.63, 3.8) is 0 Å². The minimum atomic E-state index is -4.31. The molecule has 0 spiro atoms. The van der Waals surface area contributed by atoms with Crippen LogP contribution in [0.5, 0.6) is 0 Å². The number of rotatable bonds is 8. The number of alkyl halides is 3.